The molecule has 0 amide bonds. The molecule has 5 nitrogen and oxygen atoms in total. The highest BCUT2D eigenvalue weighted by atomic mass is 32.2. The van der Waals surface area contributed by atoms with Crippen molar-refractivity contribution in [3.63, 3.8) is 0 Å². The first-order chi connectivity index (χ1) is 6.08. The quantitative estimate of drug-likeness (QED) is 0.562. The molecule has 1 aliphatic heterocycles. The average Bonchev–Trinajstić information content (AvgIpc) is 2.04. The van der Waals surface area contributed by atoms with Crippen LogP contribution in [0.5, 0.6) is 0 Å². The SMILES string of the molecule is NS(=O)(=O)NCCC1CCCNC1. The van der Waals surface area contributed by atoms with Gasteiger partial charge >= 0.3 is 0 Å². The molecule has 0 aliphatic carbocycles. The Morgan fingerprint density at radius 3 is 2.85 bits per heavy atom. The Hall–Kier alpha value is -0.170. The van der Waals surface area contributed by atoms with Gasteiger partial charge in [0, 0.05) is 6.54 Å². The summed E-state index contributed by atoms with van der Waals surface area (Å²) in [7, 11) is -3.50. The molecule has 1 unspecified atom stereocenters. The Morgan fingerprint density at radius 2 is 2.31 bits per heavy atom. The molecule has 6 heteroatoms. The molecule has 1 aliphatic rings. The topological polar surface area (TPSA) is 84.2 Å². The minimum atomic E-state index is -3.50. The molecule has 0 bridgehead atoms. The molecule has 0 aromatic rings. The van der Waals surface area contributed by atoms with Crippen molar-refractivity contribution >= 4 is 10.2 Å². The highest BCUT2D eigenvalue weighted by Gasteiger charge is 2.12. The van der Waals surface area contributed by atoms with Crippen LogP contribution in [-0.2, 0) is 10.2 Å². The zero-order valence-corrected chi connectivity index (χ0v) is 8.44. The van der Waals surface area contributed by atoms with Crippen LogP contribution < -0.4 is 15.2 Å². The van der Waals surface area contributed by atoms with Gasteiger partial charge in [-0.2, -0.15) is 8.42 Å². The van der Waals surface area contributed by atoms with Crippen LogP contribution in [0.2, 0.25) is 0 Å². The number of piperidine rings is 1. The maximum atomic E-state index is 10.5. The third-order valence-electron chi connectivity index (χ3n) is 2.25. The minimum Gasteiger partial charge on any atom is -0.316 e. The first-order valence-corrected chi connectivity index (χ1v) is 6.10. The van der Waals surface area contributed by atoms with Crippen molar-refractivity contribution in [1.29, 1.82) is 0 Å². The van der Waals surface area contributed by atoms with E-state index in [1.165, 1.54) is 12.8 Å². The average molecular weight is 207 g/mol. The second kappa shape index (κ2) is 4.90. The molecular formula is C7H17N3O2S. The predicted octanol–water partition coefficient (Wildman–Crippen LogP) is -0.831. The number of nitrogens with two attached hydrogens (primary N) is 1. The summed E-state index contributed by atoms with van der Waals surface area (Å²) in [6.45, 7) is 2.52. The largest absolute Gasteiger partial charge is 0.316 e. The van der Waals surface area contributed by atoms with Crippen LogP contribution in [0.4, 0.5) is 0 Å². The minimum absolute atomic E-state index is 0.450. The van der Waals surface area contributed by atoms with E-state index in [1.807, 2.05) is 0 Å². The van der Waals surface area contributed by atoms with E-state index in [0.29, 0.717) is 12.5 Å². The second-order valence-electron chi connectivity index (χ2n) is 3.44. The Morgan fingerprint density at radius 1 is 1.54 bits per heavy atom. The lowest BCUT2D eigenvalue weighted by atomic mass is 9.96. The zero-order chi connectivity index (χ0) is 9.73. The molecule has 4 N–H and O–H groups in total. The monoisotopic (exact) mass is 207 g/mol. The van der Waals surface area contributed by atoms with Crippen LogP contribution in [0.3, 0.4) is 0 Å². The normalized spacial score (nSPS) is 24.5. The van der Waals surface area contributed by atoms with E-state index in [2.05, 4.69) is 10.0 Å². The number of hydrogen-bond donors (Lipinski definition) is 3. The van der Waals surface area contributed by atoms with E-state index < -0.39 is 10.2 Å². The molecule has 0 aromatic heterocycles. The number of nitrogens with one attached hydrogen (secondary N) is 2. The van der Waals surface area contributed by atoms with E-state index in [1.54, 1.807) is 0 Å². The fourth-order valence-electron chi connectivity index (χ4n) is 1.58. The van der Waals surface area contributed by atoms with E-state index in [0.717, 1.165) is 19.5 Å². The van der Waals surface area contributed by atoms with Crippen LogP contribution in [0.25, 0.3) is 0 Å². The van der Waals surface area contributed by atoms with Gasteiger partial charge in [-0.3, -0.25) is 0 Å². The molecule has 13 heavy (non-hydrogen) atoms. The summed E-state index contributed by atoms with van der Waals surface area (Å²) in [4.78, 5) is 0. The van der Waals surface area contributed by atoms with Gasteiger partial charge in [-0.15, -0.1) is 0 Å². The smallest absolute Gasteiger partial charge is 0.274 e. The van der Waals surface area contributed by atoms with Crippen molar-refractivity contribution in [1.82, 2.24) is 10.0 Å². The van der Waals surface area contributed by atoms with Gasteiger partial charge in [-0.1, -0.05) is 0 Å². The molecule has 1 heterocycles. The summed E-state index contributed by atoms with van der Waals surface area (Å²) in [6, 6.07) is 0. The van der Waals surface area contributed by atoms with Crippen LogP contribution in [0.1, 0.15) is 19.3 Å². The van der Waals surface area contributed by atoms with Gasteiger partial charge in [-0.25, -0.2) is 9.86 Å². The predicted molar refractivity (Wildman–Crippen MR) is 51.3 cm³/mol. The van der Waals surface area contributed by atoms with Crippen molar-refractivity contribution in [2.24, 2.45) is 11.1 Å². The maximum Gasteiger partial charge on any atom is 0.274 e. The van der Waals surface area contributed by atoms with Gasteiger partial charge in [0.1, 0.15) is 0 Å². The number of hydrogen-bond acceptors (Lipinski definition) is 3. The highest BCUT2D eigenvalue weighted by molar-refractivity contribution is 7.87. The van der Waals surface area contributed by atoms with Gasteiger partial charge < -0.3 is 5.32 Å². The lowest BCUT2D eigenvalue weighted by Crippen LogP contribution is -2.35. The molecule has 0 spiro atoms. The van der Waals surface area contributed by atoms with Crippen molar-refractivity contribution in [2.45, 2.75) is 19.3 Å². The summed E-state index contributed by atoms with van der Waals surface area (Å²) in [5.41, 5.74) is 0. The van der Waals surface area contributed by atoms with Crippen LogP contribution >= 0.6 is 0 Å². The van der Waals surface area contributed by atoms with Crippen molar-refractivity contribution in [3.8, 4) is 0 Å². The Labute approximate surface area is 79.3 Å². The summed E-state index contributed by atoms with van der Waals surface area (Å²) in [5.74, 6) is 0.586. The molecule has 0 radical (unpaired) electrons. The fourth-order valence-corrected chi connectivity index (χ4v) is 1.98. The van der Waals surface area contributed by atoms with E-state index >= 15 is 0 Å². The van der Waals surface area contributed by atoms with Gasteiger partial charge in [0.25, 0.3) is 10.2 Å². The van der Waals surface area contributed by atoms with Gasteiger partial charge in [0.15, 0.2) is 0 Å². The molecule has 1 rings (SSSR count). The first kappa shape index (κ1) is 10.9. The van der Waals surface area contributed by atoms with Crippen molar-refractivity contribution in [2.75, 3.05) is 19.6 Å². The Kier molecular flexibility index (Phi) is 4.11. The molecule has 78 valence electrons. The van der Waals surface area contributed by atoms with E-state index in [-0.39, 0.29) is 0 Å². The van der Waals surface area contributed by atoms with Gasteiger partial charge in [-0.05, 0) is 38.3 Å². The standard InChI is InChI=1S/C7H17N3O2S/c8-13(11,12)10-5-3-7-2-1-4-9-6-7/h7,9-10H,1-6H2,(H2,8,11,12). The van der Waals surface area contributed by atoms with Gasteiger partial charge in [0.05, 0.1) is 0 Å². The zero-order valence-electron chi connectivity index (χ0n) is 7.62. The maximum absolute atomic E-state index is 10.5. The number of rotatable bonds is 4. The lowest BCUT2D eigenvalue weighted by Gasteiger charge is -2.22. The molecule has 1 atom stereocenters. The lowest BCUT2D eigenvalue weighted by molar-refractivity contribution is 0.358. The molecule has 1 saturated heterocycles. The summed E-state index contributed by atoms with van der Waals surface area (Å²) >= 11 is 0. The van der Waals surface area contributed by atoms with Gasteiger partial charge in [0.2, 0.25) is 0 Å². The fraction of sp³-hybridized carbons (Fsp3) is 1.00. The molecule has 0 saturated carbocycles. The second-order valence-corrected chi connectivity index (χ2v) is 4.82. The van der Waals surface area contributed by atoms with E-state index in [4.69, 9.17) is 5.14 Å². The van der Waals surface area contributed by atoms with E-state index in [9.17, 15) is 8.42 Å². The molecule has 1 fully saturated rings. The van der Waals surface area contributed by atoms with Crippen LogP contribution in [-0.4, -0.2) is 28.1 Å². The van der Waals surface area contributed by atoms with Crippen molar-refractivity contribution < 1.29 is 8.42 Å². The van der Waals surface area contributed by atoms with Crippen LogP contribution in [0.15, 0.2) is 0 Å². The van der Waals surface area contributed by atoms with Crippen LogP contribution in [0, 0.1) is 5.92 Å². The Balaban J connectivity index is 2.11. The third kappa shape index (κ3) is 5.20. The molecule has 0 aromatic carbocycles. The first-order valence-electron chi connectivity index (χ1n) is 4.56. The highest BCUT2D eigenvalue weighted by Crippen LogP contribution is 2.12. The summed E-state index contributed by atoms with van der Waals surface area (Å²) < 4.78 is 23.3. The summed E-state index contributed by atoms with van der Waals surface area (Å²) in [5, 5.41) is 8.07. The third-order valence-corrected chi connectivity index (χ3v) is 2.86. The molecular weight excluding hydrogens is 190 g/mol. The Bertz CT molecular complexity index is 234. The van der Waals surface area contributed by atoms with Crippen molar-refractivity contribution in [3.05, 3.63) is 0 Å². The summed E-state index contributed by atoms with van der Waals surface area (Å²) in [6.07, 6.45) is 3.22.